The van der Waals surface area contributed by atoms with Gasteiger partial charge in [-0.3, -0.25) is 4.52 Å². The van der Waals surface area contributed by atoms with Crippen LogP contribution in [-0.2, 0) is 4.52 Å². The van der Waals surface area contributed by atoms with Crippen molar-refractivity contribution in [3.63, 3.8) is 0 Å². The number of rotatable bonds is 25. The van der Waals surface area contributed by atoms with Crippen molar-refractivity contribution in [1.29, 1.82) is 0 Å². The van der Waals surface area contributed by atoms with Gasteiger partial charge in [-0.1, -0.05) is 159 Å². The van der Waals surface area contributed by atoms with E-state index in [2.05, 4.69) is 13.8 Å². The van der Waals surface area contributed by atoms with Crippen molar-refractivity contribution in [3.05, 3.63) is 60.7 Å². The Labute approximate surface area is 236 Å². The van der Waals surface area contributed by atoms with Gasteiger partial charge in [-0.2, -0.15) is 0 Å². The molecule has 0 aliphatic carbocycles. The molecule has 0 spiro atoms. The van der Waals surface area contributed by atoms with Crippen LogP contribution in [0.3, 0.4) is 0 Å². The third-order valence-electron chi connectivity index (χ3n) is 6.97. The molecule has 214 valence electrons. The van der Waals surface area contributed by atoms with Crippen LogP contribution >= 0.6 is 8.60 Å². The van der Waals surface area contributed by atoms with Gasteiger partial charge in [-0.15, -0.1) is 0 Å². The predicted octanol–water partition coefficient (Wildman–Crippen LogP) is 12.1. The van der Waals surface area contributed by atoms with E-state index in [1.807, 2.05) is 60.7 Å². The van der Waals surface area contributed by atoms with Gasteiger partial charge < -0.3 is 9.05 Å². The summed E-state index contributed by atoms with van der Waals surface area (Å²) in [6.07, 6.45) is 24.9. The molecule has 0 aliphatic heterocycles. The maximum absolute atomic E-state index is 6.01. The molecule has 0 saturated heterocycles. The first-order chi connectivity index (χ1) is 18.7. The highest BCUT2D eigenvalue weighted by molar-refractivity contribution is 7.42. The highest BCUT2D eigenvalue weighted by Crippen LogP contribution is 2.41. The highest BCUT2D eigenvalue weighted by Gasteiger charge is 2.17. The van der Waals surface area contributed by atoms with E-state index in [1.165, 1.54) is 109 Å². The molecule has 0 amide bonds. The summed E-state index contributed by atoms with van der Waals surface area (Å²) < 4.78 is 18.0. The molecule has 2 aromatic carbocycles. The van der Waals surface area contributed by atoms with E-state index in [-0.39, 0.29) is 0 Å². The Balaban J connectivity index is 1.37. The molecule has 0 heterocycles. The number of para-hydroxylation sites is 2. The lowest BCUT2D eigenvalue weighted by Crippen LogP contribution is -2.01. The van der Waals surface area contributed by atoms with Crippen LogP contribution in [-0.4, -0.2) is 6.61 Å². The second-order valence-corrected chi connectivity index (χ2v) is 12.1. The number of benzene rings is 2. The first-order valence-electron chi connectivity index (χ1n) is 15.6. The normalized spacial score (nSPS) is 11.4. The standard InChI is InChI=1S/C34H55O3P/c1-32(2)26-20-16-14-12-10-8-6-4-3-5-7-9-11-13-15-17-25-31-35-38(36-33-27-21-18-22-28-33)37-34-29-23-19-24-30-34/h18-19,21-24,27-30,32H,3-17,20,25-26,31H2,1-2H3. The molecule has 0 bridgehead atoms. The molecule has 0 atom stereocenters. The Bertz CT molecular complexity index is 711. The zero-order valence-corrected chi connectivity index (χ0v) is 25.4. The lowest BCUT2D eigenvalue weighted by atomic mass is 10.0. The average molecular weight is 543 g/mol. The summed E-state index contributed by atoms with van der Waals surface area (Å²) in [7, 11) is -1.46. The van der Waals surface area contributed by atoms with E-state index < -0.39 is 8.60 Å². The molecule has 0 aromatic heterocycles. The van der Waals surface area contributed by atoms with E-state index >= 15 is 0 Å². The molecule has 0 fully saturated rings. The van der Waals surface area contributed by atoms with Gasteiger partial charge in [0, 0.05) is 0 Å². The molecule has 3 nitrogen and oxygen atoms in total. The van der Waals surface area contributed by atoms with Gasteiger partial charge in [0.25, 0.3) is 0 Å². The molecule has 38 heavy (non-hydrogen) atoms. The second kappa shape index (κ2) is 23.3. The zero-order chi connectivity index (χ0) is 26.9. The highest BCUT2D eigenvalue weighted by atomic mass is 31.2. The van der Waals surface area contributed by atoms with E-state index in [1.54, 1.807) is 0 Å². The van der Waals surface area contributed by atoms with Gasteiger partial charge >= 0.3 is 8.60 Å². The van der Waals surface area contributed by atoms with Crippen LogP contribution in [0.25, 0.3) is 0 Å². The second-order valence-electron chi connectivity index (χ2n) is 11.1. The largest absolute Gasteiger partial charge is 0.463 e. The molecule has 0 radical (unpaired) electrons. The average Bonchev–Trinajstić information content (AvgIpc) is 2.93. The fourth-order valence-electron chi connectivity index (χ4n) is 4.65. The summed E-state index contributed by atoms with van der Waals surface area (Å²) in [6, 6.07) is 19.5. The van der Waals surface area contributed by atoms with Crippen LogP contribution in [0.15, 0.2) is 60.7 Å². The minimum atomic E-state index is -1.46. The fourth-order valence-corrected chi connectivity index (χ4v) is 5.66. The van der Waals surface area contributed by atoms with Gasteiger partial charge in [0.2, 0.25) is 0 Å². The van der Waals surface area contributed by atoms with E-state index in [0.29, 0.717) is 6.61 Å². The molecule has 2 aromatic rings. The van der Waals surface area contributed by atoms with Crippen LogP contribution in [0.1, 0.15) is 129 Å². The maximum atomic E-state index is 6.01. The lowest BCUT2D eigenvalue weighted by Gasteiger charge is -2.17. The first-order valence-corrected chi connectivity index (χ1v) is 16.7. The topological polar surface area (TPSA) is 27.7 Å². The Morgan fingerprint density at radius 3 is 1.18 bits per heavy atom. The van der Waals surface area contributed by atoms with Crippen molar-refractivity contribution in [2.45, 2.75) is 129 Å². The van der Waals surface area contributed by atoms with E-state index in [9.17, 15) is 0 Å². The zero-order valence-electron chi connectivity index (χ0n) is 24.5. The van der Waals surface area contributed by atoms with Crippen molar-refractivity contribution in [3.8, 4) is 11.5 Å². The van der Waals surface area contributed by atoms with Gasteiger partial charge in [0.1, 0.15) is 11.5 Å². The Morgan fingerprint density at radius 2 is 0.816 bits per heavy atom. The molecule has 2 rings (SSSR count). The lowest BCUT2D eigenvalue weighted by molar-refractivity contribution is 0.258. The van der Waals surface area contributed by atoms with E-state index in [0.717, 1.165) is 23.8 Å². The van der Waals surface area contributed by atoms with Crippen molar-refractivity contribution >= 4 is 8.60 Å². The smallest absolute Gasteiger partial charge is 0.418 e. The minimum Gasteiger partial charge on any atom is -0.418 e. The van der Waals surface area contributed by atoms with Crippen molar-refractivity contribution in [1.82, 2.24) is 0 Å². The van der Waals surface area contributed by atoms with Crippen LogP contribution in [0.5, 0.6) is 11.5 Å². The van der Waals surface area contributed by atoms with Crippen LogP contribution in [0, 0.1) is 5.92 Å². The van der Waals surface area contributed by atoms with Crippen LogP contribution in [0.4, 0.5) is 0 Å². The summed E-state index contributed by atoms with van der Waals surface area (Å²) in [5.41, 5.74) is 0. The van der Waals surface area contributed by atoms with Crippen molar-refractivity contribution in [2.75, 3.05) is 6.61 Å². The third kappa shape index (κ3) is 18.6. The quantitative estimate of drug-likeness (QED) is 0.0922. The van der Waals surface area contributed by atoms with Crippen molar-refractivity contribution < 1.29 is 13.6 Å². The molecule has 0 unspecified atom stereocenters. The van der Waals surface area contributed by atoms with E-state index in [4.69, 9.17) is 13.6 Å². The molecular formula is C34H55O3P. The van der Waals surface area contributed by atoms with Gasteiger partial charge in [0.15, 0.2) is 0 Å². The Morgan fingerprint density at radius 1 is 0.474 bits per heavy atom. The molecule has 0 N–H and O–H groups in total. The van der Waals surface area contributed by atoms with Gasteiger partial charge in [-0.25, -0.2) is 0 Å². The maximum Gasteiger partial charge on any atom is 0.463 e. The first kappa shape index (κ1) is 32.6. The summed E-state index contributed by atoms with van der Waals surface area (Å²) in [5.74, 6) is 2.43. The molecule has 0 aliphatic rings. The molecule has 4 heteroatoms. The number of unbranched alkanes of at least 4 members (excludes halogenated alkanes) is 16. The summed E-state index contributed by atoms with van der Waals surface area (Å²) in [5, 5.41) is 0. The van der Waals surface area contributed by atoms with Gasteiger partial charge in [-0.05, 0) is 36.6 Å². The Hall–Kier alpha value is -1.57. The SMILES string of the molecule is CC(C)CCCCCCCCCCCCCCCCCCCOP(Oc1ccccc1)Oc1ccccc1. The van der Waals surface area contributed by atoms with Crippen LogP contribution < -0.4 is 9.05 Å². The summed E-state index contributed by atoms with van der Waals surface area (Å²) in [6.45, 7) is 5.34. The summed E-state index contributed by atoms with van der Waals surface area (Å²) in [4.78, 5) is 0. The molecular weight excluding hydrogens is 487 g/mol. The molecule has 0 saturated carbocycles. The predicted molar refractivity (Wildman–Crippen MR) is 165 cm³/mol. The number of hydrogen-bond acceptors (Lipinski definition) is 3. The Kier molecular flexibility index (Phi) is 20.0. The third-order valence-corrected chi connectivity index (χ3v) is 8.08. The fraction of sp³-hybridized carbons (Fsp3) is 0.647. The summed E-state index contributed by atoms with van der Waals surface area (Å²) >= 11 is 0. The van der Waals surface area contributed by atoms with Gasteiger partial charge in [0.05, 0.1) is 6.61 Å². The monoisotopic (exact) mass is 542 g/mol. The van der Waals surface area contributed by atoms with Crippen LogP contribution in [0.2, 0.25) is 0 Å². The van der Waals surface area contributed by atoms with Crippen molar-refractivity contribution in [2.24, 2.45) is 5.92 Å². The minimum absolute atomic E-state index is 0.670. The number of hydrogen-bond donors (Lipinski definition) is 0.